The number of piperazine rings is 1. The van der Waals surface area contributed by atoms with Gasteiger partial charge in [-0.15, -0.1) is 0 Å². The van der Waals surface area contributed by atoms with Crippen molar-refractivity contribution in [1.29, 1.82) is 0 Å². The molecule has 30 heavy (non-hydrogen) atoms. The van der Waals surface area contributed by atoms with Crippen LogP contribution in [0.3, 0.4) is 0 Å². The van der Waals surface area contributed by atoms with Crippen LogP contribution in [0.5, 0.6) is 0 Å². The molecule has 156 valence electrons. The minimum atomic E-state index is -3.82. The first-order valence-electron chi connectivity index (χ1n) is 9.43. The van der Waals surface area contributed by atoms with Crippen LogP contribution in [0, 0.1) is 0 Å². The third kappa shape index (κ3) is 4.05. The summed E-state index contributed by atoms with van der Waals surface area (Å²) in [4.78, 5) is 27.8. The summed E-state index contributed by atoms with van der Waals surface area (Å²) in [5.74, 6) is -0.985. The number of fused-ring (bicyclic) bond motifs is 1. The number of benzene rings is 2. The summed E-state index contributed by atoms with van der Waals surface area (Å²) in [5.41, 5.74) is 2.46. The van der Waals surface area contributed by atoms with E-state index in [1.807, 2.05) is 12.1 Å². The summed E-state index contributed by atoms with van der Waals surface area (Å²) in [6.07, 6.45) is 0. The van der Waals surface area contributed by atoms with Gasteiger partial charge in [0.25, 0.3) is 0 Å². The number of ketones is 1. The Kier molecular flexibility index (Phi) is 5.52. The van der Waals surface area contributed by atoms with Crippen LogP contribution in [-0.2, 0) is 14.6 Å². The highest BCUT2D eigenvalue weighted by Gasteiger charge is 2.28. The fourth-order valence-corrected chi connectivity index (χ4v) is 5.49. The minimum absolute atomic E-state index is 0.0160. The van der Waals surface area contributed by atoms with Crippen molar-refractivity contribution in [1.82, 2.24) is 13.6 Å². The Morgan fingerprint density at radius 2 is 1.70 bits per heavy atom. The largest absolute Gasteiger partial charge is 0.368 e. The van der Waals surface area contributed by atoms with Crippen LogP contribution in [0.4, 0.5) is 5.69 Å². The van der Waals surface area contributed by atoms with Gasteiger partial charge in [0.1, 0.15) is 16.8 Å². The van der Waals surface area contributed by atoms with E-state index in [1.165, 1.54) is 13.0 Å². The summed E-state index contributed by atoms with van der Waals surface area (Å²) >= 11 is 0.947. The van der Waals surface area contributed by atoms with Gasteiger partial charge in [0.15, 0.2) is 15.6 Å². The Bertz CT molecular complexity index is 1200. The van der Waals surface area contributed by atoms with Crippen molar-refractivity contribution in [3.05, 3.63) is 48.0 Å². The molecule has 1 saturated heterocycles. The van der Waals surface area contributed by atoms with E-state index in [-0.39, 0.29) is 10.7 Å². The van der Waals surface area contributed by atoms with E-state index in [0.717, 1.165) is 17.4 Å². The molecule has 4 rings (SSSR count). The van der Waals surface area contributed by atoms with Gasteiger partial charge in [-0.2, -0.15) is 8.75 Å². The molecule has 0 radical (unpaired) electrons. The molecule has 1 aromatic heterocycles. The van der Waals surface area contributed by atoms with Crippen molar-refractivity contribution in [3.8, 4) is 0 Å². The highest BCUT2D eigenvalue weighted by molar-refractivity contribution is 7.92. The smallest absolute Gasteiger partial charge is 0.238 e. The fraction of sp³-hybridized carbons (Fsp3) is 0.300. The van der Waals surface area contributed by atoms with Gasteiger partial charge in [-0.1, -0.05) is 6.07 Å². The average Bonchev–Trinajstić information content (AvgIpc) is 3.22. The van der Waals surface area contributed by atoms with E-state index in [2.05, 4.69) is 13.6 Å². The third-order valence-corrected chi connectivity index (χ3v) is 7.34. The molecule has 2 aromatic carbocycles. The van der Waals surface area contributed by atoms with Crippen LogP contribution >= 0.6 is 11.7 Å². The Hall–Kier alpha value is -2.85. The number of Topliss-reactive ketones (excluding diaryl/α,β-unsaturated/α-hetero) is 1. The summed E-state index contributed by atoms with van der Waals surface area (Å²) in [6.45, 7) is 3.59. The topological polar surface area (TPSA) is 101 Å². The molecule has 0 bridgehead atoms. The molecule has 0 N–H and O–H groups in total. The second-order valence-electron chi connectivity index (χ2n) is 7.12. The number of sulfone groups is 1. The summed E-state index contributed by atoms with van der Waals surface area (Å²) in [5, 5.41) is 0. The highest BCUT2D eigenvalue weighted by Crippen LogP contribution is 2.23. The van der Waals surface area contributed by atoms with Gasteiger partial charge < -0.3 is 9.80 Å². The molecule has 2 heterocycles. The lowest BCUT2D eigenvalue weighted by Crippen LogP contribution is -2.50. The first kappa shape index (κ1) is 20.4. The molecule has 3 aromatic rings. The van der Waals surface area contributed by atoms with Gasteiger partial charge in [-0.25, -0.2) is 8.42 Å². The number of rotatable bonds is 5. The van der Waals surface area contributed by atoms with E-state index >= 15 is 0 Å². The predicted octanol–water partition coefficient (Wildman–Crippen LogP) is 2.02. The zero-order valence-corrected chi connectivity index (χ0v) is 17.9. The molecule has 0 atom stereocenters. The molecule has 10 heteroatoms. The zero-order chi connectivity index (χ0) is 21.3. The standard InChI is InChI=1S/C20H20N4O4S2/c1-14(25)15-5-7-16(8-6-15)23-9-11-24(12-10-23)19(26)13-30(27,28)18-4-2-3-17-20(18)22-29-21-17/h2-8H,9-13H2,1H3. The van der Waals surface area contributed by atoms with Gasteiger partial charge in [-0.3, -0.25) is 9.59 Å². The molecule has 1 fully saturated rings. The Morgan fingerprint density at radius 3 is 2.37 bits per heavy atom. The molecule has 0 unspecified atom stereocenters. The number of carbonyl (C=O) groups excluding carboxylic acids is 2. The molecule has 0 aliphatic carbocycles. The summed E-state index contributed by atoms with van der Waals surface area (Å²) < 4.78 is 33.8. The Morgan fingerprint density at radius 1 is 1.00 bits per heavy atom. The zero-order valence-electron chi connectivity index (χ0n) is 16.3. The molecule has 1 amide bonds. The quantitative estimate of drug-likeness (QED) is 0.555. The number of carbonyl (C=O) groups is 2. The maximum Gasteiger partial charge on any atom is 0.238 e. The molecule has 8 nitrogen and oxygen atoms in total. The number of hydrogen-bond acceptors (Lipinski definition) is 8. The monoisotopic (exact) mass is 444 g/mol. The maximum atomic E-state index is 12.8. The fourth-order valence-electron chi connectivity index (χ4n) is 3.48. The van der Waals surface area contributed by atoms with Gasteiger partial charge in [0.2, 0.25) is 5.91 Å². The SMILES string of the molecule is CC(=O)c1ccc(N2CCN(C(=O)CS(=O)(=O)c3cccc4nsnc34)CC2)cc1. The van der Waals surface area contributed by atoms with E-state index in [4.69, 9.17) is 0 Å². The van der Waals surface area contributed by atoms with Crippen LogP contribution in [-0.4, -0.2) is 65.7 Å². The molecule has 0 spiro atoms. The minimum Gasteiger partial charge on any atom is -0.368 e. The van der Waals surface area contributed by atoms with Crippen LogP contribution in [0.2, 0.25) is 0 Å². The van der Waals surface area contributed by atoms with Crippen LogP contribution < -0.4 is 4.90 Å². The summed E-state index contributed by atoms with van der Waals surface area (Å²) in [6, 6.07) is 12.1. The number of nitrogens with zero attached hydrogens (tertiary/aromatic N) is 4. The van der Waals surface area contributed by atoms with Gasteiger partial charge >= 0.3 is 0 Å². The van der Waals surface area contributed by atoms with Crippen molar-refractivity contribution < 1.29 is 18.0 Å². The van der Waals surface area contributed by atoms with Crippen molar-refractivity contribution in [2.24, 2.45) is 0 Å². The second-order valence-corrected chi connectivity index (χ2v) is 9.60. The van der Waals surface area contributed by atoms with Gasteiger partial charge in [-0.05, 0) is 43.3 Å². The number of amides is 1. The Labute approximate surface area is 178 Å². The second kappa shape index (κ2) is 8.11. The molecule has 1 aliphatic heterocycles. The lowest BCUT2D eigenvalue weighted by Gasteiger charge is -2.36. The number of anilines is 1. The Balaban J connectivity index is 1.41. The highest BCUT2D eigenvalue weighted by atomic mass is 32.2. The lowest BCUT2D eigenvalue weighted by atomic mass is 10.1. The first-order chi connectivity index (χ1) is 14.3. The summed E-state index contributed by atoms with van der Waals surface area (Å²) in [7, 11) is -3.82. The first-order valence-corrected chi connectivity index (χ1v) is 11.8. The van der Waals surface area contributed by atoms with Crippen molar-refractivity contribution in [2.45, 2.75) is 11.8 Å². The molecule has 1 aliphatic rings. The maximum absolute atomic E-state index is 12.8. The van der Waals surface area contributed by atoms with E-state index in [0.29, 0.717) is 42.8 Å². The van der Waals surface area contributed by atoms with Crippen molar-refractivity contribution in [2.75, 3.05) is 36.8 Å². The van der Waals surface area contributed by atoms with Crippen molar-refractivity contribution in [3.63, 3.8) is 0 Å². The van der Waals surface area contributed by atoms with Gasteiger partial charge in [0, 0.05) is 37.4 Å². The predicted molar refractivity (Wildman–Crippen MR) is 115 cm³/mol. The van der Waals surface area contributed by atoms with Crippen LogP contribution in [0.25, 0.3) is 11.0 Å². The van der Waals surface area contributed by atoms with Gasteiger partial charge in [0.05, 0.1) is 16.6 Å². The molecule has 0 saturated carbocycles. The van der Waals surface area contributed by atoms with E-state index in [9.17, 15) is 18.0 Å². The molecular weight excluding hydrogens is 424 g/mol. The van der Waals surface area contributed by atoms with Crippen LogP contribution in [0.15, 0.2) is 47.4 Å². The lowest BCUT2D eigenvalue weighted by molar-refractivity contribution is -0.128. The third-order valence-electron chi connectivity index (χ3n) is 5.17. The van der Waals surface area contributed by atoms with Crippen molar-refractivity contribution >= 4 is 50.0 Å². The normalized spacial score (nSPS) is 14.8. The number of hydrogen-bond donors (Lipinski definition) is 0. The van der Waals surface area contributed by atoms with Crippen LogP contribution in [0.1, 0.15) is 17.3 Å². The average molecular weight is 445 g/mol. The van der Waals surface area contributed by atoms with E-state index < -0.39 is 21.5 Å². The van der Waals surface area contributed by atoms with E-state index in [1.54, 1.807) is 29.2 Å². The number of aromatic nitrogens is 2. The molecular formula is C20H20N4O4S2.